The zero-order valence-corrected chi connectivity index (χ0v) is 22.3. The number of nitrogens with one attached hydrogen (secondary N) is 1. The number of hydrogen-bond donors (Lipinski definition) is 1. The number of carbonyl (C=O) groups excluding carboxylic acids is 1. The molecule has 3 heterocycles. The number of benzene rings is 2. The highest BCUT2D eigenvalue weighted by molar-refractivity contribution is 5.93. The van der Waals surface area contributed by atoms with Crippen molar-refractivity contribution in [3.8, 4) is 17.0 Å². The summed E-state index contributed by atoms with van der Waals surface area (Å²) < 4.78 is 30.1. The maximum absolute atomic E-state index is 12.7. The Bertz CT molecular complexity index is 1270. The lowest BCUT2D eigenvalue weighted by Gasteiger charge is -2.26. The number of carbonyl (C=O) groups is 1. The highest BCUT2D eigenvalue weighted by Gasteiger charge is 2.22. The van der Waals surface area contributed by atoms with E-state index in [-0.39, 0.29) is 18.5 Å². The van der Waals surface area contributed by atoms with Crippen molar-refractivity contribution in [2.75, 3.05) is 51.4 Å². The molecule has 10 heteroatoms. The van der Waals surface area contributed by atoms with Crippen LogP contribution in [0, 0.1) is 6.92 Å². The van der Waals surface area contributed by atoms with Crippen LogP contribution in [0.5, 0.6) is 5.75 Å². The van der Waals surface area contributed by atoms with Crippen LogP contribution in [0.2, 0.25) is 0 Å². The molecule has 1 unspecified atom stereocenters. The summed E-state index contributed by atoms with van der Waals surface area (Å²) in [7, 11) is 1.89. The molecule has 206 valence electrons. The van der Waals surface area contributed by atoms with Crippen molar-refractivity contribution in [2.45, 2.75) is 19.6 Å². The summed E-state index contributed by atoms with van der Waals surface area (Å²) >= 11 is 0. The van der Waals surface area contributed by atoms with Gasteiger partial charge >= 0.3 is 5.95 Å². The van der Waals surface area contributed by atoms with Gasteiger partial charge in [-0.25, -0.2) is 0 Å². The predicted molar refractivity (Wildman–Crippen MR) is 145 cm³/mol. The number of aromatic nitrogens is 2. The summed E-state index contributed by atoms with van der Waals surface area (Å²) in [6.07, 6.45) is 3.31. The van der Waals surface area contributed by atoms with Crippen molar-refractivity contribution in [3.05, 3.63) is 78.1 Å². The van der Waals surface area contributed by atoms with Crippen LogP contribution in [0.4, 0.5) is 5.69 Å². The molecule has 1 N–H and O–H groups in total. The highest BCUT2D eigenvalue weighted by Crippen LogP contribution is 2.34. The van der Waals surface area contributed by atoms with Crippen LogP contribution in [0.1, 0.15) is 11.1 Å². The zero-order chi connectivity index (χ0) is 27.0. The quantitative estimate of drug-likeness (QED) is 0.400. The van der Waals surface area contributed by atoms with Gasteiger partial charge in [0.05, 0.1) is 25.1 Å². The lowest BCUT2D eigenvalue weighted by molar-refractivity contribution is -0.123. The number of amides is 1. The molecule has 1 amide bonds. The Hall–Kier alpha value is -4.02. The van der Waals surface area contributed by atoms with Gasteiger partial charge in [0, 0.05) is 44.4 Å². The van der Waals surface area contributed by atoms with Crippen molar-refractivity contribution in [1.82, 2.24) is 14.7 Å². The first-order valence-electron chi connectivity index (χ1n) is 13.1. The number of anilines is 1. The predicted octanol–water partition coefficient (Wildman–Crippen LogP) is 3.48. The number of nitrogens with zero attached hydrogens (tertiary/aromatic N) is 3. The van der Waals surface area contributed by atoms with Crippen LogP contribution in [-0.2, 0) is 37.2 Å². The molecule has 0 radical (unpaired) electrons. The first-order valence-corrected chi connectivity index (χ1v) is 13.1. The molecule has 10 nitrogen and oxygen atoms in total. The molecule has 0 saturated carbocycles. The summed E-state index contributed by atoms with van der Waals surface area (Å²) in [6, 6.07) is 15.5. The average molecular weight is 535 g/mol. The van der Waals surface area contributed by atoms with Crippen molar-refractivity contribution in [1.29, 1.82) is 0 Å². The van der Waals surface area contributed by atoms with E-state index in [2.05, 4.69) is 15.3 Å². The largest absolute Gasteiger partial charge is 0.492 e. The molecule has 2 aliphatic rings. The fourth-order valence-corrected chi connectivity index (χ4v) is 4.58. The van der Waals surface area contributed by atoms with Crippen molar-refractivity contribution >= 4 is 11.6 Å². The van der Waals surface area contributed by atoms with Gasteiger partial charge in [-0.3, -0.25) is 14.4 Å². The van der Waals surface area contributed by atoms with Crippen LogP contribution < -0.4 is 10.1 Å². The summed E-state index contributed by atoms with van der Waals surface area (Å²) in [5.41, 5.74) is 4.50. The SMILES string of the molecule is Cc1cnn(C)c1-c1cc(NC(=O)COC2=COC(Cc3ccccc3)O2)ccc1OCCN1CCOCC1. The topological polar surface area (TPSA) is 96.3 Å². The number of morpholine rings is 1. The number of rotatable bonds is 11. The Morgan fingerprint density at radius 3 is 2.72 bits per heavy atom. The van der Waals surface area contributed by atoms with E-state index in [9.17, 15) is 4.79 Å². The van der Waals surface area contributed by atoms with Gasteiger partial charge in [-0.1, -0.05) is 30.3 Å². The smallest absolute Gasteiger partial charge is 0.319 e. The second-order valence-electron chi connectivity index (χ2n) is 9.46. The van der Waals surface area contributed by atoms with Crippen molar-refractivity contribution in [2.24, 2.45) is 7.05 Å². The first-order chi connectivity index (χ1) is 19.0. The Morgan fingerprint density at radius 1 is 1.13 bits per heavy atom. The van der Waals surface area contributed by atoms with E-state index in [0.717, 1.165) is 61.0 Å². The second kappa shape index (κ2) is 12.7. The van der Waals surface area contributed by atoms with Gasteiger partial charge in [-0.15, -0.1) is 0 Å². The number of aryl methyl sites for hydroxylation is 2. The molecule has 1 atom stereocenters. The Kier molecular flexibility index (Phi) is 8.65. The molecule has 1 fully saturated rings. The molecule has 1 aromatic heterocycles. The van der Waals surface area contributed by atoms with Gasteiger partial charge in [0.15, 0.2) is 12.9 Å². The van der Waals surface area contributed by atoms with Crippen LogP contribution in [-0.4, -0.2) is 72.9 Å². The Balaban J connectivity index is 1.17. The molecule has 39 heavy (non-hydrogen) atoms. The van der Waals surface area contributed by atoms with Gasteiger partial charge in [-0.05, 0) is 36.2 Å². The zero-order valence-electron chi connectivity index (χ0n) is 22.3. The summed E-state index contributed by atoms with van der Waals surface area (Å²) in [6.45, 7) is 6.47. The minimum Gasteiger partial charge on any atom is -0.492 e. The number of ether oxygens (including phenoxy) is 5. The van der Waals surface area contributed by atoms with Gasteiger partial charge < -0.3 is 29.0 Å². The van der Waals surface area contributed by atoms with Crippen LogP contribution in [0.25, 0.3) is 11.3 Å². The Morgan fingerprint density at radius 2 is 1.95 bits per heavy atom. The average Bonchev–Trinajstić information content (AvgIpc) is 3.54. The molecule has 2 aromatic carbocycles. The minimum atomic E-state index is -0.481. The third-order valence-electron chi connectivity index (χ3n) is 6.56. The lowest BCUT2D eigenvalue weighted by Crippen LogP contribution is -2.38. The molecule has 0 spiro atoms. The van der Waals surface area contributed by atoms with Crippen LogP contribution in [0.3, 0.4) is 0 Å². The van der Waals surface area contributed by atoms with E-state index in [0.29, 0.717) is 18.7 Å². The van der Waals surface area contributed by atoms with Crippen molar-refractivity contribution < 1.29 is 28.5 Å². The van der Waals surface area contributed by atoms with E-state index >= 15 is 0 Å². The van der Waals surface area contributed by atoms with Gasteiger partial charge in [-0.2, -0.15) is 5.10 Å². The van der Waals surface area contributed by atoms with Gasteiger partial charge in [0.1, 0.15) is 12.4 Å². The standard InChI is InChI=1S/C29H34N4O6/c1-21-18-30-32(2)29(21)24-17-23(8-9-25(24)36-15-12-33-10-13-35-14-11-33)31-26(34)19-37-28-20-38-27(39-28)16-22-6-4-3-5-7-22/h3-9,17-18,20,27H,10-16,19H2,1-2H3,(H,31,34). The third kappa shape index (κ3) is 7.10. The van der Waals surface area contributed by atoms with E-state index in [1.54, 1.807) is 0 Å². The first kappa shape index (κ1) is 26.6. The van der Waals surface area contributed by atoms with Gasteiger partial charge in [0.2, 0.25) is 6.29 Å². The Labute approximate surface area is 228 Å². The highest BCUT2D eigenvalue weighted by atomic mass is 16.8. The molecule has 0 bridgehead atoms. The molecule has 1 saturated heterocycles. The molecule has 0 aliphatic carbocycles. The van der Waals surface area contributed by atoms with Gasteiger partial charge in [0.25, 0.3) is 5.91 Å². The fraction of sp³-hybridized carbons (Fsp3) is 0.379. The van der Waals surface area contributed by atoms with E-state index < -0.39 is 6.29 Å². The van der Waals surface area contributed by atoms with Crippen LogP contribution >= 0.6 is 0 Å². The fourth-order valence-electron chi connectivity index (χ4n) is 4.58. The lowest BCUT2D eigenvalue weighted by atomic mass is 10.1. The molecular weight excluding hydrogens is 500 g/mol. The minimum absolute atomic E-state index is 0.182. The monoisotopic (exact) mass is 534 g/mol. The van der Waals surface area contributed by atoms with Crippen LogP contribution in [0.15, 0.2) is 66.9 Å². The molecule has 5 rings (SSSR count). The molecular formula is C29H34N4O6. The maximum atomic E-state index is 12.7. The normalized spacial score (nSPS) is 17.2. The third-order valence-corrected chi connectivity index (χ3v) is 6.56. The van der Waals surface area contributed by atoms with Crippen molar-refractivity contribution in [3.63, 3.8) is 0 Å². The molecule has 3 aromatic rings. The summed E-state index contributed by atoms with van der Waals surface area (Å²) in [4.78, 5) is 15.0. The summed E-state index contributed by atoms with van der Waals surface area (Å²) in [5.74, 6) is 0.594. The van der Waals surface area contributed by atoms with E-state index in [4.69, 9.17) is 23.7 Å². The number of hydrogen-bond acceptors (Lipinski definition) is 8. The summed E-state index contributed by atoms with van der Waals surface area (Å²) in [5, 5.41) is 7.28. The second-order valence-corrected chi connectivity index (χ2v) is 9.46. The molecule has 2 aliphatic heterocycles. The van der Waals surface area contributed by atoms with E-state index in [1.807, 2.05) is 73.4 Å². The van der Waals surface area contributed by atoms with E-state index in [1.165, 1.54) is 6.26 Å². The maximum Gasteiger partial charge on any atom is 0.319 e.